The van der Waals surface area contributed by atoms with Crippen molar-refractivity contribution in [2.75, 3.05) is 48.0 Å². The van der Waals surface area contributed by atoms with Gasteiger partial charge in [0.05, 0.1) is 11.9 Å². The maximum atomic E-state index is 13.5. The lowest BCUT2D eigenvalue weighted by atomic mass is 9.76. The molecule has 294 valence electrons. The summed E-state index contributed by atoms with van der Waals surface area (Å²) in [7, 11) is -3.30. The number of Topliss-reactive ketones (excluding diaryl/α,β-unsaturated/α-hetero) is 1. The van der Waals surface area contributed by atoms with Crippen molar-refractivity contribution in [2.45, 2.75) is 92.9 Å². The van der Waals surface area contributed by atoms with Gasteiger partial charge in [0.1, 0.15) is 5.75 Å². The Morgan fingerprint density at radius 2 is 1.35 bits per heavy atom. The average Bonchev–Trinajstić information content (AvgIpc) is 3.11. The van der Waals surface area contributed by atoms with Gasteiger partial charge in [0, 0.05) is 47.7 Å². The molecule has 0 bridgehead atoms. The number of ketones is 1. The van der Waals surface area contributed by atoms with Crippen molar-refractivity contribution in [3.8, 4) is 5.75 Å². The van der Waals surface area contributed by atoms with E-state index in [1.54, 1.807) is 57.2 Å². The van der Waals surface area contributed by atoms with Crippen molar-refractivity contribution in [2.24, 2.45) is 10.4 Å². The summed E-state index contributed by atoms with van der Waals surface area (Å²) in [5.41, 5.74) is 3.26. The molecule has 0 atom stereocenters. The maximum Gasteiger partial charge on any atom is 0.278 e. The van der Waals surface area contributed by atoms with E-state index in [0.717, 1.165) is 30.3 Å². The molecule has 0 radical (unpaired) electrons. The van der Waals surface area contributed by atoms with Crippen LogP contribution in [0.5, 0.6) is 5.75 Å². The van der Waals surface area contributed by atoms with Gasteiger partial charge in [0.2, 0.25) is 10.0 Å². The number of amides is 2. The van der Waals surface area contributed by atoms with Gasteiger partial charge in [-0.1, -0.05) is 74.4 Å². The first-order chi connectivity index (χ1) is 25.1. The Hall–Kier alpha value is -4.55. The second kappa shape index (κ2) is 18.2. The number of nitrogens with one attached hydrogen (secondary N) is 3. The van der Waals surface area contributed by atoms with Crippen LogP contribution in [0.4, 0.5) is 22.7 Å². The first-order valence-corrected chi connectivity index (χ1v) is 20.4. The lowest BCUT2D eigenvalue weighted by Gasteiger charge is -2.30. The third-order valence-corrected chi connectivity index (χ3v) is 10.5. The second-order valence-electron chi connectivity index (χ2n) is 15.9. The summed E-state index contributed by atoms with van der Waals surface area (Å²) in [5.74, 6) is -0.727. The zero-order chi connectivity index (χ0) is 40.5. The van der Waals surface area contributed by atoms with Gasteiger partial charge in [-0.2, -0.15) is 0 Å². The highest BCUT2D eigenvalue weighted by atomic mass is 32.2. The topological polar surface area (TPSA) is 146 Å². The minimum absolute atomic E-state index is 0.0184. The predicted octanol–water partition coefficient (Wildman–Crippen LogP) is 7.78. The number of rotatable bonds is 18. The van der Waals surface area contributed by atoms with E-state index in [1.165, 1.54) is 5.56 Å². The fraction of sp³-hybridized carbons (Fsp3) is 0.476. The van der Waals surface area contributed by atoms with Crippen LogP contribution in [0, 0.1) is 5.41 Å². The zero-order valence-corrected chi connectivity index (χ0v) is 34.7. The lowest BCUT2D eigenvalue weighted by Crippen LogP contribution is -2.37. The molecule has 0 unspecified atom stereocenters. The fourth-order valence-electron chi connectivity index (χ4n) is 5.43. The monoisotopic (exact) mass is 761 g/mol. The summed E-state index contributed by atoms with van der Waals surface area (Å²) in [5, 5.41) is 5.62. The molecule has 3 aromatic carbocycles. The van der Waals surface area contributed by atoms with E-state index in [0.29, 0.717) is 35.9 Å². The van der Waals surface area contributed by atoms with Gasteiger partial charge in [-0.15, -0.1) is 0 Å². The molecule has 0 saturated heterocycles. The summed E-state index contributed by atoms with van der Waals surface area (Å²) in [4.78, 5) is 46.3. The second-order valence-corrected chi connectivity index (χ2v) is 17.7. The molecule has 0 aromatic heterocycles. The van der Waals surface area contributed by atoms with E-state index in [2.05, 4.69) is 74.0 Å². The number of hydrogen-bond donors (Lipinski definition) is 3. The summed E-state index contributed by atoms with van der Waals surface area (Å²) >= 11 is 0. The predicted molar refractivity (Wildman–Crippen MR) is 221 cm³/mol. The quantitative estimate of drug-likeness (QED) is 0.0887. The summed E-state index contributed by atoms with van der Waals surface area (Å²) in [6.07, 6.45) is 3.03. The van der Waals surface area contributed by atoms with Crippen LogP contribution in [0.25, 0.3) is 0 Å². The Balaban J connectivity index is 1.71. The Labute approximate surface area is 322 Å². The van der Waals surface area contributed by atoms with Crippen LogP contribution in [0.3, 0.4) is 0 Å². The largest absolute Gasteiger partial charge is 0.483 e. The molecular formula is C42H59N5O6S. The Morgan fingerprint density at radius 3 is 1.87 bits per heavy atom. The standard InChI is InChI=1S/C42H59N5O6S/c1-12-41(7,8)29-15-24-35(34(27-29)42(9,10)13-2)53-28-36(48)44-30-16-18-32(19-17-30)46-39(50)37(38(49)40(4,5)6)45-31-20-22-33(23-21-31)47(14-3)26-25-43-54(11,51)52/h15-24,27,43H,12-14,25-26,28H2,1-11H3,(H,44,48)(H,46,50). The molecule has 2 amide bonds. The first-order valence-electron chi connectivity index (χ1n) is 18.5. The van der Waals surface area contributed by atoms with Gasteiger partial charge in [-0.3, -0.25) is 14.4 Å². The van der Waals surface area contributed by atoms with Crippen molar-refractivity contribution in [1.82, 2.24) is 4.72 Å². The number of nitrogens with zero attached hydrogens (tertiary/aromatic N) is 2. The van der Waals surface area contributed by atoms with Crippen LogP contribution in [-0.4, -0.2) is 64.2 Å². The molecule has 3 aromatic rings. The van der Waals surface area contributed by atoms with Gasteiger partial charge < -0.3 is 20.3 Å². The highest BCUT2D eigenvalue weighted by Gasteiger charge is 2.31. The van der Waals surface area contributed by atoms with E-state index >= 15 is 0 Å². The van der Waals surface area contributed by atoms with Crippen LogP contribution in [0.15, 0.2) is 71.7 Å². The molecule has 0 aliphatic rings. The van der Waals surface area contributed by atoms with Crippen LogP contribution in [0.2, 0.25) is 0 Å². The summed E-state index contributed by atoms with van der Waals surface area (Å²) in [6.45, 7) is 21.4. The summed E-state index contributed by atoms with van der Waals surface area (Å²) in [6, 6.07) is 19.9. The Morgan fingerprint density at radius 1 is 0.778 bits per heavy atom. The number of carbonyl (C=O) groups is 3. The average molecular weight is 762 g/mol. The molecule has 12 heteroatoms. The number of carbonyl (C=O) groups excluding carboxylic acids is 3. The molecule has 54 heavy (non-hydrogen) atoms. The fourth-order valence-corrected chi connectivity index (χ4v) is 5.89. The molecule has 0 aliphatic heterocycles. The molecule has 0 saturated carbocycles. The maximum absolute atomic E-state index is 13.5. The van der Waals surface area contributed by atoms with Crippen molar-refractivity contribution in [1.29, 1.82) is 0 Å². The van der Waals surface area contributed by atoms with Crippen molar-refractivity contribution in [3.63, 3.8) is 0 Å². The number of benzene rings is 3. The van der Waals surface area contributed by atoms with E-state index in [-0.39, 0.29) is 35.6 Å². The third-order valence-electron chi connectivity index (χ3n) is 9.74. The van der Waals surface area contributed by atoms with Crippen LogP contribution in [0.1, 0.15) is 93.2 Å². The number of likely N-dealkylation sites (N-methyl/N-ethyl adjacent to an activating group) is 1. The normalized spacial score (nSPS) is 12.6. The van der Waals surface area contributed by atoms with Gasteiger partial charge in [0.25, 0.3) is 11.8 Å². The molecule has 0 spiro atoms. The van der Waals surface area contributed by atoms with E-state index in [9.17, 15) is 22.8 Å². The molecule has 3 N–H and O–H groups in total. The molecular weight excluding hydrogens is 703 g/mol. The number of anilines is 3. The van der Waals surface area contributed by atoms with Gasteiger partial charge >= 0.3 is 0 Å². The number of hydrogen-bond acceptors (Lipinski definition) is 8. The first kappa shape index (κ1) is 43.9. The van der Waals surface area contributed by atoms with Gasteiger partial charge in [0.15, 0.2) is 18.1 Å². The van der Waals surface area contributed by atoms with Gasteiger partial charge in [-0.05, 0) is 90.8 Å². The van der Waals surface area contributed by atoms with E-state index in [4.69, 9.17) is 4.74 Å². The van der Waals surface area contributed by atoms with Crippen molar-refractivity contribution >= 4 is 56.1 Å². The number of aliphatic imine (C=N–C) groups is 1. The smallest absolute Gasteiger partial charge is 0.278 e. The highest BCUT2D eigenvalue weighted by molar-refractivity contribution is 7.88. The minimum atomic E-state index is -3.30. The molecule has 0 heterocycles. The van der Waals surface area contributed by atoms with Crippen LogP contribution >= 0.6 is 0 Å². The highest BCUT2D eigenvalue weighted by Crippen LogP contribution is 2.38. The van der Waals surface area contributed by atoms with Gasteiger partial charge in [-0.25, -0.2) is 18.1 Å². The van der Waals surface area contributed by atoms with Crippen LogP contribution in [-0.2, 0) is 35.2 Å². The number of ether oxygens (including phenoxy) is 1. The molecule has 3 rings (SSSR count). The lowest BCUT2D eigenvalue weighted by molar-refractivity contribution is -0.121. The van der Waals surface area contributed by atoms with Crippen molar-refractivity contribution < 1.29 is 27.5 Å². The SMILES string of the molecule is CCN(CCNS(C)(=O)=O)c1ccc(N=C(C(=O)Nc2ccc(NC(=O)COc3ccc(C(C)(C)CC)cc3C(C)(C)CC)cc2)C(=O)C(C)(C)C)cc1. The van der Waals surface area contributed by atoms with E-state index in [1.807, 2.05) is 30.0 Å². The third kappa shape index (κ3) is 12.5. The molecule has 0 fully saturated rings. The summed E-state index contributed by atoms with van der Waals surface area (Å²) < 4.78 is 31.5. The molecule has 11 nitrogen and oxygen atoms in total. The van der Waals surface area contributed by atoms with E-state index < -0.39 is 27.1 Å². The number of sulfonamides is 1. The Kier molecular flexibility index (Phi) is 14.8. The van der Waals surface area contributed by atoms with Crippen LogP contribution < -0.4 is 25.0 Å². The van der Waals surface area contributed by atoms with Crippen molar-refractivity contribution in [3.05, 3.63) is 77.9 Å². The Bertz CT molecular complexity index is 1910. The minimum Gasteiger partial charge on any atom is -0.483 e. The molecule has 0 aliphatic carbocycles. The zero-order valence-electron chi connectivity index (χ0n) is 33.8.